The highest BCUT2D eigenvalue weighted by molar-refractivity contribution is 5.74. The molecule has 1 saturated heterocycles. The number of rotatable bonds is 2. The van der Waals surface area contributed by atoms with Gasteiger partial charge in [-0.3, -0.25) is 0 Å². The van der Waals surface area contributed by atoms with Gasteiger partial charge >= 0.3 is 6.03 Å². The van der Waals surface area contributed by atoms with E-state index in [1.165, 1.54) is 16.7 Å². The molecular formula is C14H20N2O. The van der Waals surface area contributed by atoms with Crippen LogP contribution in [0.1, 0.15) is 23.1 Å². The highest BCUT2D eigenvalue weighted by atomic mass is 16.2. The summed E-state index contributed by atoms with van der Waals surface area (Å²) in [6, 6.07) is 6.57. The quantitative estimate of drug-likeness (QED) is 0.768. The van der Waals surface area contributed by atoms with Gasteiger partial charge in [-0.05, 0) is 37.0 Å². The fraction of sp³-hybridized carbons (Fsp3) is 0.500. The number of benzene rings is 1. The number of hydrogen-bond donors (Lipinski definition) is 0. The summed E-state index contributed by atoms with van der Waals surface area (Å²) in [6.07, 6.45) is 1.06. The molecule has 0 bridgehead atoms. The molecular weight excluding hydrogens is 212 g/mol. The van der Waals surface area contributed by atoms with E-state index in [9.17, 15) is 4.79 Å². The summed E-state index contributed by atoms with van der Waals surface area (Å²) < 4.78 is 0. The molecule has 0 spiro atoms. The minimum Gasteiger partial charge on any atom is -0.328 e. The normalized spacial score (nSPS) is 16.5. The molecule has 0 atom stereocenters. The average Bonchev–Trinajstić information content (AvgIpc) is 2.30. The van der Waals surface area contributed by atoms with Gasteiger partial charge in [0.25, 0.3) is 0 Å². The molecule has 0 saturated carbocycles. The van der Waals surface area contributed by atoms with Crippen molar-refractivity contribution in [2.45, 2.75) is 26.8 Å². The fourth-order valence-corrected chi connectivity index (χ4v) is 2.20. The third-order valence-corrected chi connectivity index (χ3v) is 3.46. The zero-order chi connectivity index (χ0) is 12.4. The molecule has 1 fully saturated rings. The van der Waals surface area contributed by atoms with Crippen molar-refractivity contribution >= 4 is 6.03 Å². The van der Waals surface area contributed by atoms with Crippen LogP contribution in [-0.4, -0.2) is 36.0 Å². The Bertz CT molecular complexity index is 428. The van der Waals surface area contributed by atoms with Gasteiger partial charge in [-0.1, -0.05) is 18.2 Å². The van der Waals surface area contributed by atoms with E-state index < -0.39 is 0 Å². The number of urea groups is 1. The molecule has 0 N–H and O–H groups in total. The van der Waals surface area contributed by atoms with Gasteiger partial charge in [0.15, 0.2) is 0 Å². The highest BCUT2D eigenvalue weighted by Crippen LogP contribution is 2.15. The number of carbonyl (C=O) groups is 1. The molecule has 1 aliphatic heterocycles. The van der Waals surface area contributed by atoms with E-state index in [0.29, 0.717) is 0 Å². The number of hydrogen-bond acceptors (Lipinski definition) is 1. The van der Waals surface area contributed by atoms with E-state index >= 15 is 0 Å². The first-order valence-corrected chi connectivity index (χ1v) is 6.14. The molecule has 3 nitrogen and oxygen atoms in total. The second kappa shape index (κ2) is 4.78. The van der Waals surface area contributed by atoms with Crippen LogP contribution in [0.3, 0.4) is 0 Å². The van der Waals surface area contributed by atoms with Crippen LogP contribution in [0.15, 0.2) is 18.2 Å². The third-order valence-electron chi connectivity index (χ3n) is 3.46. The lowest BCUT2D eigenvalue weighted by Crippen LogP contribution is -2.46. The molecule has 0 unspecified atom stereocenters. The van der Waals surface area contributed by atoms with E-state index in [0.717, 1.165) is 26.1 Å². The first-order chi connectivity index (χ1) is 8.08. The van der Waals surface area contributed by atoms with Gasteiger partial charge in [0.1, 0.15) is 0 Å². The van der Waals surface area contributed by atoms with Crippen LogP contribution in [0.2, 0.25) is 0 Å². The highest BCUT2D eigenvalue weighted by Gasteiger charge is 2.22. The van der Waals surface area contributed by atoms with Gasteiger partial charge in [0, 0.05) is 26.7 Å². The van der Waals surface area contributed by atoms with Gasteiger partial charge in [-0.15, -0.1) is 0 Å². The minimum atomic E-state index is 0.148. The van der Waals surface area contributed by atoms with Crippen molar-refractivity contribution in [3.63, 3.8) is 0 Å². The predicted octanol–water partition coefficient (Wildman–Crippen LogP) is 2.56. The molecule has 1 aromatic carbocycles. The van der Waals surface area contributed by atoms with E-state index in [1.807, 2.05) is 11.9 Å². The van der Waals surface area contributed by atoms with Crippen LogP contribution < -0.4 is 0 Å². The summed E-state index contributed by atoms with van der Waals surface area (Å²) in [7, 11) is 1.87. The summed E-state index contributed by atoms with van der Waals surface area (Å²) in [5, 5.41) is 0. The molecule has 17 heavy (non-hydrogen) atoms. The van der Waals surface area contributed by atoms with Gasteiger partial charge in [0.05, 0.1) is 0 Å². The summed E-state index contributed by atoms with van der Waals surface area (Å²) in [6.45, 7) is 6.70. The molecule has 0 radical (unpaired) electrons. The van der Waals surface area contributed by atoms with Crippen LogP contribution in [0, 0.1) is 13.8 Å². The largest absolute Gasteiger partial charge is 0.328 e. The molecule has 2 amide bonds. The Morgan fingerprint density at radius 2 is 1.94 bits per heavy atom. The van der Waals surface area contributed by atoms with Crippen LogP contribution >= 0.6 is 0 Å². The Kier molecular flexibility index (Phi) is 3.36. The fourth-order valence-electron chi connectivity index (χ4n) is 2.20. The number of carbonyl (C=O) groups excluding carboxylic acids is 1. The Morgan fingerprint density at radius 3 is 2.65 bits per heavy atom. The Hall–Kier alpha value is -1.51. The van der Waals surface area contributed by atoms with Crippen molar-refractivity contribution in [1.29, 1.82) is 0 Å². The van der Waals surface area contributed by atoms with E-state index in [4.69, 9.17) is 0 Å². The van der Waals surface area contributed by atoms with Crippen molar-refractivity contribution in [3.8, 4) is 0 Å². The van der Waals surface area contributed by atoms with E-state index in [1.54, 1.807) is 4.90 Å². The Balaban J connectivity index is 2.09. The monoisotopic (exact) mass is 232 g/mol. The second-order valence-electron chi connectivity index (χ2n) is 4.90. The van der Waals surface area contributed by atoms with Gasteiger partial charge in [0.2, 0.25) is 0 Å². The summed E-state index contributed by atoms with van der Waals surface area (Å²) in [5.74, 6) is 0. The van der Waals surface area contributed by atoms with Crippen LogP contribution in [0.25, 0.3) is 0 Å². The molecule has 1 aromatic rings. The first-order valence-electron chi connectivity index (χ1n) is 6.14. The summed E-state index contributed by atoms with van der Waals surface area (Å²) in [5.41, 5.74) is 3.81. The van der Waals surface area contributed by atoms with Crippen LogP contribution in [-0.2, 0) is 6.54 Å². The number of aryl methyl sites for hydroxylation is 2. The maximum Gasteiger partial charge on any atom is 0.320 e. The van der Waals surface area contributed by atoms with Gasteiger partial charge < -0.3 is 9.80 Å². The zero-order valence-corrected chi connectivity index (χ0v) is 10.9. The summed E-state index contributed by atoms with van der Waals surface area (Å²) in [4.78, 5) is 15.7. The molecule has 3 heteroatoms. The first kappa shape index (κ1) is 12.0. The van der Waals surface area contributed by atoms with Gasteiger partial charge in [-0.2, -0.15) is 0 Å². The van der Waals surface area contributed by atoms with Crippen molar-refractivity contribution < 1.29 is 4.79 Å². The smallest absolute Gasteiger partial charge is 0.320 e. The van der Waals surface area contributed by atoms with Crippen molar-refractivity contribution in [2.75, 3.05) is 20.1 Å². The number of nitrogens with zero attached hydrogens (tertiary/aromatic N) is 2. The molecule has 1 heterocycles. The lowest BCUT2D eigenvalue weighted by molar-refractivity contribution is 0.138. The maximum atomic E-state index is 11.9. The van der Waals surface area contributed by atoms with E-state index in [-0.39, 0.29) is 6.03 Å². The average molecular weight is 232 g/mol. The Labute approximate surface area is 103 Å². The van der Waals surface area contributed by atoms with Crippen LogP contribution in [0.4, 0.5) is 4.79 Å². The topological polar surface area (TPSA) is 23.6 Å². The molecule has 92 valence electrons. The molecule has 0 aromatic heterocycles. The van der Waals surface area contributed by atoms with Crippen molar-refractivity contribution in [1.82, 2.24) is 9.80 Å². The third kappa shape index (κ3) is 2.60. The maximum absolute atomic E-state index is 11.9. The number of amides is 2. The lowest BCUT2D eigenvalue weighted by atomic mass is 10.1. The second-order valence-corrected chi connectivity index (χ2v) is 4.90. The SMILES string of the molecule is Cc1ccc(CN2CCCN(C)C2=O)cc1C. The van der Waals surface area contributed by atoms with Crippen molar-refractivity contribution in [2.24, 2.45) is 0 Å². The molecule has 1 aliphatic rings. The van der Waals surface area contributed by atoms with Gasteiger partial charge in [-0.25, -0.2) is 4.79 Å². The minimum absolute atomic E-state index is 0.148. The lowest BCUT2D eigenvalue weighted by Gasteiger charge is -2.33. The van der Waals surface area contributed by atoms with E-state index in [2.05, 4.69) is 32.0 Å². The molecule has 2 rings (SSSR count). The molecule has 0 aliphatic carbocycles. The Morgan fingerprint density at radius 1 is 1.18 bits per heavy atom. The van der Waals surface area contributed by atoms with Crippen LogP contribution in [0.5, 0.6) is 0 Å². The standard InChI is InChI=1S/C14H20N2O/c1-11-5-6-13(9-12(11)2)10-16-8-4-7-15(3)14(16)17/h5-6,9H,4,7-8,10H2,1-3H3. The van der Waals surface area contributed by atoms with Crippen molar-refractivity contribution in [3.05, 3.63) is 34.9 Å². The summed E-state index contributed by atoms with van der Waals surface area (Å²) >= 11 is 0. The zero-order valence-electron chi connectivity index (χ0n) is 10.9. The predicted molar refractivity (Wildman–Crippen MR) is 69.0 cm³/mol.